The third-order valence-electron chi connectivity index (χ3n) is 3.54. The highest BCUT2D eigenvalue weighted by Gasteiger charge is 2.21. The van der Waals surface area contributed by atoms with Gasteiger partial charge in [0, 0.05) is 22.3 Å². The maximum Gasteiger partial charge on any atom is 0.323 e. The van der Waals surface area contributed by atoms with Crippen molar-refractivity contribution in [1.29, 1.82) is 0 Å². The van der Waals surface area contributed by atoms with E-state index in [0.29, 0.717) is 5.56 Å². The molecular weight excluding hydrogens is 322 g/mol. The van der Waals surface area contributed by atoms with Gasteiger partial charge in [-0.05, 0) is 43.7 Å². The molecule has 4 nitrogen and oxygen atoms in total. The second kappa shape index (κ2) is 8.55. The number of amides is 1. The van der Waals surface area contributed by atoms with E-state index in [2.05, 4.69) is 12.1 Å². The summed E-state index contributed by atoms with van der Waals surface area (Å²) in [5, 5.41) is 8.95. The lowest BCUT2D eigenvalue weighted by molar-refractivity contribution is -0.138. The summed E-state index contributed by atoms with van der Waals surface area (Å²) >= 11 is 1.70. The van der Waals surface area contributed by atoms with E-state index in [-0.39, 0.29) is 18.5 Å². The van der Waals surface area contributed by atoms with Crippen LogP contribution >= 0.6 is 11.8 Å². The van der Waals surface area contributed by atoms with Gasteiger partial charge in [-0.25, -0.2) is 0 Å². The molecule has 0 heterocycles. The van der Waals surface area contributed by atoms with E-state index in [0.717, 1.165) is 10.6 Å². The molecule has 0 saturated carbocycles. The number of benzene rings is 2. The summed E-state index contributed by atoms with van der Waals surface area (Å²) in [7, 11) is 0. The Kier molecular flexibility index (Phi) is 6.44. The normalized spacial score (nSPS) is 10.6. The third-order valence-corrected chi connectivity index (χ3v) is 4.62. The summed E-state index contributed by atoms with van der Waals surface area (Å²) in [4.78, 5) is 25.8. The Morgan fingerprint density at radius 1 is 1.04 bits per heavy atom. The minimum absolute atomic E-state index is 0.166. The Bertz CT molecular complexity index is 684. The number of thioether (sulfide) groups is 1. The Labute approximate surface area is 146 Å². The van der Waals surface area contributed by atoms with Gasteiger partial charge in [0.2, 0.25) is 0 Å². The van der Waals surface area contributed by atoms with Crippen molar-refractivity contribution in [3.63, 3.8) is 0 Å². The smallest absolute Gasteiger partial charge is 0.323 e. The zero-order chi connectivity index (χ0) is 17.5. The summed E-state index contributed by atoms with van der Waals surface area (Å²) in [5.74, 6) is -0.398. The zero-order valence-corrected chi connectivity index (χ0v) is 14.6. The van der Waals surface area contributed by atoms with Gasteiger partial charge >= 0.3 is 5.97 Å². The van der Waals surface area contributed by atoms with Crippen molar-refractivity contribution in [2.75, 3.05) is 6.54 Å². The SMILES string of the molecule is CC(C)N(CC(=O)O)C(=O)c1ccc(SCc2ccccc2)cc1. The second-order valence-electron chi connectivity index (χ2n) is 5.72. The van der Waals surface area contributed by atoms with Crippen LogP contribution < -0.4 is 0 Å². The lowest BCUT2D eigenvalue weighted by atomic mass is 10.1. The number of hydrogen-bond donors (Lipinski definition) is 1. The number of rotatable bonds is 7. The van der Waals surface area contributed by atoms with Crippen molar-refractivity contribution in [1.82, 2.24) is 4.90 Å². The van der Waals surface area contributed by atoms with Gasteiger partial charge in [0.1, 0.15) is 6.54 Å². The predicted octanol–water partition coefficient (Wildman–Crippen LogP) is 3.91. The molecule has 0 fully saturated rings. The number of carbonyl (C=O) groups excluding carboxylic acids is 1. The summed E-state index contributed by atoms with van der Waals surface area (Å²) in [5.41, 5.74) is 1.75. The van der Waals surface area contributed by atoms with E-state index in [1.165, 1.54) is 10.5 Å². The average molecular weight is 343 g/mol. The summed E-state index contributed by atoms with van der Waals surface area (Å²) in [6.07, 6.45) is 0. The molecule has 0 saturated heterocycles. The van der Waals surface area contributed by atoms with Crippen LogP contribution in [0, 0.1) is 0 Å². The van der Waals surface area contributed by atoms with Gasteiger partial charge in [0.15, 0.2) is 0 Å². The Morgan fingerprint density at radius 3 is 2.21 bits per heavy atom. The molecule has 5 heteroatoms. The number of carboxylic acid groups (broad SMARTS) is 1. The standard InChI is InChI=1S/C19H21NO3S/c1-14(2)20(12-18(21)22)19(23)16-8-10-17(11-9-16)24-13-15-6-4-3-5-7-15/h3-11,14H,12-13H2,1-2H3,(H,21,22). The highest BCUT2D eigenvalue weighted by molar-refractivity contribution is 7.98. The van der Waals surface area contributed by atoms with Crippen molar-refractivity contribution in [3.8, 4) is 0 Å². The summed E-state index contributed by atoms with van der Waals surface area (Å²) in [6, 6.07) is 17.3. The average Bonchev–Trinajstić information content (AvgIpc) is 2.58. The predicted molar refractivity (Wildman–Crippen MR) is 96.3 cm³/mol. The van der Waals surface area contributed by atoms with Crippen LogP contribution in [-0.4, -0.2) is 34.5 Å². The largest absolute Gasteiger partial charge is 0.480 e. The number of nitrogens with zero attached hydrogens (tertiary/aromatic N) is 1. The number of carboxylic acids is 1. The Morgan fingerprint density at radius 2 is 1.67 bits per heavy atom. The summed E-state index contributed by atoms with van der Waals surface area (Å²) < 4.78 is 0. The van der Waals surface area contributed by atoms with Gasteiger partial charge in [0.25, 0.3) is 5.91 Å². The van der Waals surface area contributed by atoms with Gasteiger partial charge in [-0.3, -0.25) is 9.59 Å². The monoisotopic (exact) mass is 343 g/mol. The lowest BCUT2D eigenvalue weighted by Crippen LogP contribution is -2.40. The molecule has 0 aliphatic rings. The maximum atomic E-state index is 12.5. The Hall–Kier alpha value is -2.27. The molecule has 2 aromatic carbocycles. The summed E-state index contributed by atoms with van der Waals surface area (Å²) in [6.45, 7) is 3.33. The van der Waals surface area contributed by atoms with Crippen LogP contribution in [0.4, 0.5) is 0 Å². The van der Waals surface area contributed by atoms with Crippen molar-refractivity contribution in [2.45, 2.75) is 30.5 Å². The van der Waals surface area contributed by atoms with E-state index in [1.807, 2.05) is 44.2 Å². The topological polar surface area (TPSA) is 57.6 Å². The molecule has 0 bridgehead atoms. The maximum absolute atomic E-state index is 12.5. The van der Waals surface area contributed by atoms with Crippen LogP contribution in [0.5, 0.6) is 0 Å². The Balaban J connectivity index is 2.02. The molecule has 24 heavy (non-hydrogen) atoms. The fourth-order valence-corrected chi connectivity index (χ4v) is 3.09. The minimum atomic E-state index is -1.01. The van der Waals surface area contributed by atoms with Gasteiger partial charge in [-0.2, -0.15) is 0 Å². The van der Waals surface area contributed by atoms with Crippen molar-refractivity contribution >= 4 is 23.6 Å². The van der Waals surface area contributed by atoms with Crippen LogP contribution in [0.15, 0.2) is 59.5 Å². The van der Waals surface area contributed by atoms with Gasteiger partial charge in [0.05, 0.1) is 0 Å². The highest BCUT2D eigenvalue weighted by atomic mass is 32.2. The lowest BCUT2D eigenvalue weighted by Gasteiger charge is -2.25. The van der Waals surface area contributed by atoms with E-state index in [4.69, 9.17) is 5.11 Å². The molecule has 2 rings (SSSR count). The van der Waals surface area contributed by atoms with Crippen LogP contribution in [0.1, 0.15) is 29.8 Å². The molecule has 0 spiro atoms. The van der Waals surface area contributed by atoms with Gasteiger partial charge in [-0.1, -0.05) is 30.3 Å². The highest BCUT2D eigenvalue weighted by Crippen LogP contribution is 2.23. The van der Waals surface area contributed by atoms with Gasteiger partial charge in [-0.15, -0.1) is 11.8 Å². The van der Waals surface area contributed by atoms with Crippen molar-refractivity contribution < 1.29 is 14.7 Å². The van der Waals surface area contributed by atoms with E-state index in [1.54, 1.807) is 23.9 Å². The van der Waals surface area contributed by atoms with Crippen LogP contribution in [0.2, 0.25) is 0 Å². The van der Waals surface area contributed by atoms with E-state index >= 15 is 0 Å². The molecule has 0 aromatic heterocycles. The molecule has 1 amide bonds. The molecule has 0 aliphatic carbocycles. The van der Waals surface area contributed by atoms with E-state index < -0.39 is 5.97 Å². The first-order valence-electron chi connectivity index (χ1n) is 7.77. The molecular formula is C19H21NO3S. The van der Waals surface area contributed by atoms with Gasteiger partial charge < -0.3 is 10.0 Å². The minimum Gasteiger partial charge on any atom is -0.480 e. The van der Waals surface area contributed by atoms with Crippen LogP contribution in [-0.2, 0) is 10.5 Å². The molecule has 126 valence electrons. The molecule has 2 aromatic rings. The van der Waals surface area contributed by atoms with Crippen LogP contribution in [0.25, 0.3) is 0 Å². The number of carbonyl (C=O) groups is 2. The van der Waals surface area contributed by atoms with E-state index in [9.17, 15) is 9.59 Å². The van der Waals surface area contributed by atoms with Crippen molar-refractivity contribution in [3.05, 3.63) is 65.7 Å². The molecule has 0 atom stereocenters. The van der Waals surface area contributed by atoms with Crippen LogP contribution in [0.3, 0.4) is 0 Å². The fraction of sp³-hybridized carbons (Fsp3) is 0.263. The molecule has 0 aliphatic heterocycles. The number of aliphatic carboxylic acids is 1. The first-order chi connectivity index (χ1) is 11.5. The first-order valence-corrected chi connectivity index (χ1v) is 8.75. The molecule has 0 radical (unpaired) electrons. The number of hydrogen-bond acceptors (Lipinski definition) is 3. The first kappa shape index (κ1) is 18.1. The third kappa shape index (κ3) is 5.13. The quantitative estimate of drug-likeness (QED) is 0.774. The zero-order valence-electron chi connectivity index (χ0n) is 13.8. The van der Waals surface area contributed by atoms with Crippen molar-refractivity contribution in [2.24, 2.45) is 0 Å². The molecule has 1 N–H and O–H groups in total. The fourth-order valence-electron chi connectivity index (χ4n) is 2.24. The molecule has 0 unspecified atom stereocenters. The second-order valence-corrected chi connectivity index (χ2v) is 6.77.